The molecule has 0 saturated heterocycles. The molecule has 30 heavy (non-hydrogen) atoms. The van der Waals surface area contributed by atoms with Gasteiger partial charge in [0.25, 0.3) is 0 Å². The van der Waals surface area contributed by atoms with E-state index in [0.29, 0.717) is 28.1 Å². The Morgan fingerprint density at radius 2 is 2.23 bits per heavy atom. The van der Waals surface area contributed by atoms with Gasteiger partial charge in [0, 0.05) is 6.54 Å². The number of amides is 1. The van der Waals surface area contributed by atoms with Crippen molar-refractivity contribution in [2.75, 3.05) is 11.1 Å². The lowest BCUT2D eigenvalue weighted by atomic mass is 10.1. The Hall–Kier alpha value is -3.09. The fourth-order valence-corrected chi connectivity index (χ4v) is 4.16. The second-order valence-electron chi connectivity index (χ2n) is 6.47. The van der Waals surface area contributed by atoms with Crippen LogP contribution in [0, 0.1) is 25.2 Å². The quantitative estimate of drug-likeness (QED) is 0.394. The number of hydrogen-bond acceptors (Lipinski definition) is 7. The number of nitrogens with zero attached hydrogens (tertiary/aromatic N) is 4. The zero-order valence-corrected chi connectivity index (χ0v) is 18.3. The van der Waals surface area contributed by atoms with E-state index in [1.165, 1.54) is 23.1 Å². The highest BCUT2D eigenvalue weighted by Gasteiger charge is 2.15. The molecule has 3 aromatic rings. The molecule has 0 aliphatic rings. The molecule has 154 valence electrons. The summed E-state index contributed by atoms with van der Waals surface area (Å²) in [5.41, 5.74) is 2.63. The minimum Gasteiger partial charge on any atom is -0.485 e. The van der Waals surface area contributed by atoms with Gasteiger partial charge in [0.1, 0.15) is 23.4 Å². The summed E-state index contributed by atoms with van der Waals surface area (Å²) in [5, 5.41) is 23.2. The van der Waals surface area contributed by atoms with Gasteiger partial charge in [-0.3, -0.25) is 9.36 Å². The summed E-state index contributed by atoms with van der Waals surface area (Å²) in [7, 11) is 0. The van der Waals surface area contributed by atoms with Crippen molar-refractivity contribution < 1.29 is 9.53 Å². The van der Waals surface area contributed by atoms with Crippen LogP contribution in [0.5, 0.6) is 5.75 Å². The summed E-state index contributed by atoms with van der Waals surface area (Å²) in [5.74, 6) is 1.40. The van der Waals surface area contributed by atoms with Gasteiger partial charge < -0.3 is 10.1 Å². The van der Waals surface area contributed by atoms with Gasteiger partial charge >= 0.3 is 0 Å². The molecule has 0 aliphatic heterocycles. The van der Waals surface area contributed by atoms with Crippen molar-refractivity contribution in [3.05, 3.63) is 64.8 Å². The number of nitrogens with one attached hydrogen (secondary N) is 1. The predicted molar refractivity (Wildman–Crippen MR) is 119 cm³/mol. The number of carbonyl (C=O) groups excluding carboxylic acids is 1. The highest BCUT2D eigenvalue weighted by molar-refractivity contribution is 7.99. The highest BCUT2D eigenvalue weighted by Crippen LogP contribution is 2.24. The molecule has 0 radical (unpaired) electrons. The molecule has 0 fully saturated rings. The summed E-state index contributed by atoms with van der Waals surface area (Å²) >= 11 is 2.59. The normalized spacial score (nSPS) is 10.4. The van der Waals surface area contributed by atoms with E-state index in [0.717, 1.165) is 16.9 Å². The SMILES string of the molecule is C=CCn1c(COc2cc(C)ccc2C)nnc1SCC(=O)Nc1sccc1C#N. The number of thioether (sulfide) groups is 1. The molecule has 1 N–H and O–H groups in total. The van der Waals surface area contributed by atoms with Gasteiger partial charge in [0.15, 0.2) is 11.0 Å². The number of aryl methyl sites for hydroxylation is 2. The number of aromatic nitrogens is 3. The molecule has 7 nitrogen and oxygen atoms in total. The van der Waals surface area contributed by atoms with Crippen LogP contribution in [0.2, 0.25) is 0 Å². The first-order chi connectivity index (χ1) is 14.5. The van der Waals surface area contributed by atoms with Crippen molar-refractivity contribution in [2.24, 2.45) is 0 Å². The van der Waals surface area contributed by atoms with Gasteiger partial charge in [0.2, 0.25) is 5.91 Å². The Morgan fingerprint density at radius 1 is 1.40 bits per heavy atom. The maximum absolute atomic E-state index is 12.3. The largest absolute Gasteiger partial charge is 0.485 e. The minimum absolute atomic E-state index is 0.149. The molecule has 0 bridgehead atoms. The molecule has 0 atom stereocenters. The van der Waals surface area contributed by atoms with E-state index >= 15 is 0 Å². The highest BCUT2D eigenvalue weighted by atomic mass is 32.2. The molecule has 1 amide bonds. The predicted octanol–water partition coefficient (Wildman–Crippen LogP) is 4.32. The Kier molecular flexibility index (Phi) is 7.27. The van der Waals surface area contributed by atoms with Crippen molar-refractivity contribution in [1.82, 2.24) is 14.8 Å². The fraction of sp³-hybridized carbons (Fsp3) is 0.238. The fourth-order valence-electron chi connectivity index (χ4n) is 2.64. The van der Waals surface area contributed by atoms with Gasteiger partial charge in [-0.1, -0.05) is 30.0 Å². The van der Waals surface area contributed by atoms with Crippen molar-refractivity contribution in [3.63, 3.8) is 0 Å². The number of benzene rings is 1. The van der Waals surface area contributed by atoms with Crippen molar-refractivity contribution >= 4 is 34.0 Å². The van der Waals surface area contributed by atoms with Crippen LogP contribution in [0.4, 0.5) is 5.00 Å². The van der Waals surface area contributed by atoms with Gasteiger partial charge in [0.05, 0.1) is 11.3 Å². The van der Waals surface area contributed by atoms with E-state index in [4.69, 9.17) is 10.00 Å². The Bertz CT molecular complexity index is 1100. The lowest BCUT2D eigenvalue weighted by Crippen LogP contribution is -2.14. The van der Waals surface area contributed by atoms with Crippen molar-refractivity contribution in [2.45, 2.75) is 32.2 Å². The number of carbonyl (C=O) groups is 1. The van der Waals surface area contributed by atoms with E-state index < -0.39 is 0 Å². The third-order valence-corrected chi connectivity index (χ3v) is 5.97. The number of ether oxygens (including phenoxy) is 1. The van der Waals surface area contributed by atoms with Gasteiger partial charge in [-0.15, -0.1) is 28.1 Å². The summed E-state index contributed by atoms with van der Waals surface area (Å²) in [4.78, 5) is 12.3. The summed E-state index contributed by atoms with van der Waals surface area (Å²) < 4.78 is 7.83. The average molecular weight is 440 g/mol. The summed E-state index contributed by atoms with van der Waals surface area (Å²) in [6.45, 7) is 8.57. The van der Waals surface area contributed by atoms with Crippen LogP contribution in [-0.4, -0.2) is 26.4 Å². The first kappa shape index (κ1) is 21.6. The van der Waals surface area contributed by atoms with E-state index in [-0.39, 0.29) is 18.3 Å². The lowest BCUT2D eigenvalue weighted by molar-refractivity contribution is -0.113. The van der Waals surface area contributed by atoms with Crippen LogP contribution in [0.25, 0.3) is 0 Å². The first-order valence-electron chi connectivity index (χ1n) is 9.15. The zero-order valence-electron chi connectivity index (χ0n) is 16.7. The van der Waals surface area contributed by atoms with E-state index in [9.17, 15) is 4.79 Å². The van der Waals surface area contributed by atoms with Crippen LogP contribution in [0.15, 0.2) is 47.5 Å². The molecule has 0 spiro atoms. The van der Waals surface area contributed by atoms with Gasteiger partial charge in [-0.2, -0.15) is 5.26 Å². The number of nitriles is 1. The van der Waals surface area contributed by atoms with Crippen LogP contribution < -0.4 is 10.1 Å². The van der Waals surface area contributed by atoms with Crippen LogP contribution in [0.1, 0.15) is 22.5 Å². The lowest BCUT2D eigenvalue weighted by Gasteiger charge is -2.11. The molecule has 2 aromatic heterocycles. The molecule has 0 aliphatic carbocycles. The second-order valence-corrected chi connectivity index (χ2v) is 8.33. The summed E-state index contributed by atoms with van der Waals surface area (Å²) in [6, 6.07) is 9.78. The number of rotatable bonds is 9. The smallest absolute Gasteiger partial charge is 0.235 e. The Balaban J connectivity index is 1.65. The number of thiophene rings is 1. The molecule has 2 heterocycles. The molecule has 0 unspecified atom stereocenters. The maximum atomic E-state index is 12.3. The first-order valence-corrected chi connectivity index (χ1v) is 11.0. The second kappa shape index (κ2) is 10.1. The molecular formula is C21H21N5O2S2. The maximum Gasteiger partial charge on any atom is 0.235 e. The van der Waals surface area contributed by atoms with Crippen molar-refractivity contribution in [1.29, 1.82) is 5.26 Å². The summed E-state index contributed by atoms with van der Waals surface area (Å²) in [6.07, 6.45) is 1.75. The minimum atomic E-state index is -0.208. The van der Waals surface area contributed by atoms with Crippen LogP contribution in [0.3, 0.4) is 0 Å². The van der Waals surface area contributed by atoms with E-state index in [1.807, 2.05) is 36.6 Å². The molecule has 1 aromatic carbocycles. The number of anilines is 1. The van der Waals surface area contributed by atoms with Gasteiger partial charge in [-0.05, 0) is 42.5 Å². The van der Waals surface area contributed by atoms with Crippen LogP contribution >= 0.6 is 23.1 Å². The Morgan fingerprint density at radius 3 is 3.00 bits per heavy atom. The standard InChI is InChI=1S/C21H21N5O2S2/c1-4-8-26-18(12-28-17-10-14(2)5-6-15(17)3)24-25-21(26)30-13-19(27)23-20-16(11-22)7-9-29-20/h4-7,9-10H,1,8,12-13H2,2-3H3,(H,23,27). The van der Waals surface area contributed by atoms with Crippen LogP contribution in [-0.2, 0) is 17.9 Å². The molecule has 0 saturated carbocycles. The van der Waals surface area contributed by atoms with Gasteiger partial charge in [-0.25, -0.2) is 0 Å². The zero-order chi connectivity index (χ0) is 21.5. The van der Waals surface area contributed by atoms with Crippen molar-refractivity contribution in [3.8, 4) is 11.8 Å². The average Bonchev–Trinajstić information content (AvgIpc) is 3.34. The monoisotopic (exact) mass is 439 g/mol. The molecule has 9 heteroatoms. The topological polar surface area (TPSA) is 92.8 Å². The van der Waals surface area contributed by atoms with E-state index in [1.54, 1.807) is 17.5 Å². The third kappa shape index (κ3) is 5.28. The Labute approximate surface area is 183 Å². The number of hydrogen-bond donors (Lipinski definition) is 1. The molecular weight excluding hydrogens is 418 g/mol. The molecule has 3 rings (SSSR count). The van der Waals surface area contributed by atoms with E-state index in [2.05, 4.69) is 28.2 Å². The third-order valence-electron chi connectivity index (χ3n) is 4.18. The number of allylic oxidation sites excluding steroid dienone is 1.